The van der Waals surface area contributed by atoms with Gasteiger partial charge in [-0.25, -0.2) is 0 Å². The van der Waals surface area contributed by atoms with E-state index in [0.29, 0.717) is 13.2 Å². The van der Waals surface area contributed by atoms with E-state index in [-0.39, 0.29) is 24.0 Å². The van der Waals surface area contributed by atoms with Crippen LogP contribution in [-0.2, 0) is 19.1 Å². The molecule has 1 aromatic carbocycles. The van der Waals surface area contributed by atoms with E-state index in [0.717, 1.165) is 29.3 Å². The zero-order valence-electron chi connectivity index (χ0n) is 16.3. The lowest BCUT2D eigenvalue weighted by Gasteiger charge is -2.27. The molecule has 3 heterocycles. The molecule has 5 nitrogen and oxygen atoms in total. The molecule has 0 aromatic heterocycles. The number of benzene rings is 1. The quantitative estimate of drug-likeness (QED) is 0.359. The molecule has 5 atom stereocenters. The number of unbranched alkanes of at least 4 members (excludes halogenated alkanes) is 2. The Morgan fingerprint density at radius 1 is 1.36 bits per heavy atom. The summed E-state index contributed by atoms with van der Waals surface area (Å²) in [7, 11) is 0. The molecular formula is C22H26BrNO4. The number of carbonyl (C=O) groups excluding carboxylic acids is 2. The fraction of sp³-hybridized carbons (Fsp3) is 0.545. The van der Waals surface area contributed by atoms with Gasteiger partial charge in [-0.15, -0.1) is 0 Å². The van der Waals surface area contributed by atoms with Crippen LogP contribution in [0.1, 0.15) is 44.7 Å². The maximum atomic E-state index is 13.3. The summed E-state index contributed by atoms with van der Waals surface area (Å²) in [5.74, 6) is -1.35. The molecule has 1 aromatic rings. The number of carbonyl (C=O) groups is 2. The van der Waals surface area contributed by atoms with Crippen LogP contribution in [0.2, 0.25) is 0 Å². The molecule has 3 aliphatic heterocycles. The van der Waals surface area contributed by atoms with Gasteiger partial charge in [-0.3, -0.25) is 9.59 Å². The lowest BCUT2D eigenvalue weighted by atomic mass is 9.77. The van der Waals surface area contributed by atoms with Crippen molar-refractivity contribution in [2.24, 2.45) is 11.8 Å². The molecule has 0 saturated carbocycles. The van der Waals surface area contributed by atoms with Gasteiger partial charge in [-0.2, -0.15) is 0 Å². The highest BCUT2D eigenvalue weighted by Crippen LogP contribution is 2.53. The standard InChI is InChI=1S/C22H26BrNO4/c1-3-4-5-12-27-21(26)18-17-10-11-22(28-17)13-24(20(25)19(18)22)14(2)15-6-8-16(23)9-7-15/h6-11,14,17-19H,3-5,12-13H2,1-2H3/t14-,17+,18+,19+,22-/m0/s1. The molecule has 150 valence electrons. The molecule has 0 N–H and O–H groups in total. The number of amides is 1. The van der Waals surface area contributed by atoms with E-state index < -0.39 is 17.4 Å². The van der Waals surface area contributed by atoms with Crippen molar-refractivity contribution in [2.45, 2.75) is 50.9 Å². The van der Waals surface area contributed by atoms with Gasteiger partial charge in [-0.1, -0.05) is 60.0 Å². The van der Waals surface area contributed by atoms with Gasteiger partial charge in [0, 0.05) is 4.47 Å². The molecule has 0 radical (unpaired) electrons. The molecule has 2 fully saturated rings. The van der Waals surface area contributed by atoms with Crippen LogP contribution >= 0.6 is 15.9 Å². The van der Waals surface area contributed by atoms with E-state index in [1.54, 1.807) is 0 Å². The highest BCUT2D eigenvalue weighted by molar-refractivity contribution is 9.10. The van der Waals surface area contributed by atoms with Gasteiger partial charge >= 0.3 is 5.97 Å². The summed E-state index contributed by atoms with van der Waals surface area (Å²) >= 11 is 3.45. The van der Waals surface area contributed by atoms with Gasteiger partial charge in [0.05, 0.1) is 31.2 Å². The highest BCUT2D eigenvalue weighted by Gasteiger charge is 2.67. The molecule has 3 aliphatic rings. The minimum Gasteiger partial charge on any atom is -0.465 e. The lowest BCUT2D eigenvalue weighted by Crippen LogP contribution is -2.40. The fourth-order valence-corrected chi connectivity index (χ4v) is 4.93. The van der Waals surface area contributed by atoms with E-state index in [1.807, 2.05) is 48.2 Å². The van der Waals surface area contributed by atoms with E-state index in [4.69, 9.17) is 9.47 Å². The normalized spacial score (nSPS) is 31.3. The first-order valence-electron chi connectivity index (χ1n) is 10.1. The number of rotatable bonds is 7. The Balaban J connectivity index is 1.51. The number of ether oxygens (including phenoxy) is 2. The first-order chi connectivity index (χ1) is 13.5. The second-order valence-corrected chi connectivity index (χ2v) is 8.88. The predicted molar refractivity (Wildman–Crippen MR) is 108 cm³/mol. The Labute approximate surface area is 174 Å². The van der Waals surface area contributed by atoms with Crippen molar-refractivity contribution in [3.8, 4) is 0 Å². The van der Waals surface area contributed by atoms with Crippen LogP contribution in [0.5, 0.6) is 0 Å². The number of fused-ring (bicyclic) bond motifs is 1. The molecule has 0 unspecified atom stereocenters. The Bertz CT molecular complexity index is 792. The van der Waals surface area contributed by atoms with E-state index in [1.165, 1.54) is 0 Å². The van der Waals surface area contributed by atoms with Crippen LogP contribution in [0.25, 0.3) is 0 Å². The number of esters is 1. The number of nitrogens with zero attached hydrogens (tertiary/aromatic N) is 1. The van der Waals surface area contributed by atoms with Gasteiger partial charge < -0.3 is 14.4 Å². The minimum absolute atomic E-state index is 0.0159. The fourth-order valence-electron chi connectivity index (χ4n) is 4.67. The van der Waals surface area contributed by atoms with Crippen molar-refractivity contribution in [1.82, 2.24) is 4.90 Å². The third-order valence-corrected chi connectivity index (χ3v) is 6.74. The Morgan fingerprint density at radius 3 is 2.82 bits per heavy atom. The summed E-state index contributed by atoms with van der Waals surface area (Å²) in [5, 5.41) is 0. The van der Waals surface area contributed by atoms with Crippen LogP contribution < -0.4 is 0 Å². The van der Waals surface area contributed by atoms with Crippen molar-refractivity contribution in [2.75, 3.05) is 13.2 Å². The SMILES string of the molecule is CCCCCOC(=O)[C@@H]1[C@H]2C=C[C@@]3(CN([C@@H](C)c4ccc(Br)cc4)C(=O)[C@@H]13)O2. The molecular weight excluding hydrogens is 422 g/mol. The van der Waals surface area contributed by atoms with E-state index in [9.17, 15) is 9.59 Å². The summed E-state index contributed by atoms with van der Waals surface area (Å²) in [6.07, 6.45) is 6.51. The van der Waals surface area contributed by atoms with Crippen molar-refractivity contribution < 1.29 is 19.1 Å². The van der Waals surface area contributed by atoms with Crippen LogP contribution in [0, 0.1) is 11.8 Å². The third-order valence-electron chi connectivity index (χ3n) is 6.21. The van der Waals surface area contributed by atoms with Gasteiger partial charge in [0.2, 0.25) is 5.91 Å². The van der Waals surface area contributed by atoms with Gasteiger partial charge in [-0.05, 0) is 31.0 Å². The molecule has 28 heavy (non-hydrogen) atoms. The average Bonchev–Trinajstić information content (AvgIpc) is 3.33. The number of likely N-dealkylation sites (tertiary alicyclic amines) is 1. The highest BCUT2D eigenvalue weighted by atomic mass is 79.9. The minimum atomic E-state index is -0.696. The second-order valence-electron chi connectivity index (χ2n) is 7.97. The van der Waals surface area contributed by atoms with Crippen LogP contribution in [0.4, 0.5) is 0 Å². The molecule has 2 saturated heterocycles. The average molecular weight is 448 g/mol. The maximum Gasteiger partial charge on any atom is 0.312 e. The lowest BCUT2D eigenvalue weighted by molar-refractivity contribution is -0.154. The summed E-state index contributed by atoms with van der Waals surface area (Å²) in [4.78, 5) is 27.9. The molecule has 4 rings (SSSR count). The zero-order chi connectivity index (χ0) is 19.9. The second kappa shape index (κ2) is 7.64. The van der Waals surface area contributed by atoms with Crippen molar-refractivity contribution in [3.05, 3.63) is 46.5 Å². The summed E-state index contributed by atoms with van der Waals surface area (Å²) in [5.41, 5.74) is 0.364. The number of hydrogen-bond acceptors (Lipinski definition) is 4. The Morgan fingerprint density at radius 2 is 2.11 bits per heavy atom. The molecule has 1 amide bonds. The van der Waals surface area contributed by atoms with Crippen LogP contribution in [0.3, 0.4) is 0 Å². The first-order valence-corrected chi connectivity index (χ1v) is 10.9. The van der Waals surface area contributed by atoms with Crippen molar-refractivity contribution >= 4 is 27.8 Å². The van der Waals surface area contributed by atoms with Crippen LogP contribution in [0.15, 0.2) is 40.9 Å². The summed E-state index contributed by atoms with van der Waals surface area (Å²) in [6, 6.07) is 7.90. The van der Waals surface area contributed by atoms with Gasteiger partial charge in [0.15, 0.2) is 0 Å². The monoisotopic (exact) mass is 447 g/mol. The van der Waals surface area contributed by atoms with E-state index >= 15 is 0 Å². The topological polar surface area (TPSA) is 55.8 Å². The van der Waals surface area contributed by atoms with Gasteiger partial charge in [0.25, 0.3) is 0 Å². The summed E-state index contributed by atoms with van der Waals surface area (Å²) < 4.78 is 12.7. The smallest absolute Gasteiger partial charge is 0.312 e. The molecule has 2 bridgehead atoms. The first kappa shape index (κ1) is 19.6. The van der Waals surface area contributed by atoms with Crippen molar-refractivity contribution in [3.63, 3.8) is 0 Å². The molecule has 0 aliphatic carbocycles. The largest absolute Gasteiger partial charge is 0.465 e. The molecule has 1 spiro atoms. The predicted octanol–water partition coefficient (Wildman–Crippen LogP) is 4.03. The van der Waals surface area contributed by atoms with Crippen LogP contribution in [-0.4, -0.2) is 41.6 Å². The van der Waals surface area contributed by atoms with Crippen molar-refractivity contribution in [1.29, 1.82) is 0 Å². The van der Waals surface area contributed by atoms with E-state index in [2.05, 4.69) is 22.9 Å². The number of hydrogen-bond donors (Lipinski definition) is 0. The zero-order valence-corrected chi connectivity index (χ0v) is 17.9. The van der Waals surface area contributed by atoms with Gasteiger partial charge in [0.1, 0.15) is 11.5 Å². The molecule has 6 heteroatoms. The summed E-state index contributed by atoms with van der Waals surface area (Å²) in [6.45, 7) is 5.01. The number of halogens is 1. The third kappa shape index (κ3) is 3.20. The Hall–Kier alpha value is -1.66. The Kier molecular flexibility index (Phi) is 5.36. The maximum absolute atomic E-state index is 13.3.